The second kappa shape index (κ2) is 9.15. The van der Waals surface area contributed by atoms with Gasteiger partial charge in [0.1, 0.15) is 12.5 Å². The summed E-state index contributed by atoms with van der Waals surface area (Å²) in [5.41, 5.74) is 1.11. The van der Waals surface area contributed by atoms with Gasteiger partial charge in [-0.05, 0) is 45.1 Å². The molecular weight excluding hydrogens is 274 g/mol. The van der Waals surface area contributed by atoms with E-state index in [0.717, 1.165) is 24.8 Å². The zero-order chi connectivity index (χ0) is 15.7. The molecule has 0 radical (unpaired) electrons. The Hall–Kier alpha value is -1.85. The van der Waals surface area contributed by atoms with Gasteiger partial charge in [-0.2, -0.15) is 0 Å². The first-order valence-corrected chi connectivity index (χ1v) is 7.32. The Morgan fingerprint density at radius 1 is 1.29 bits per heavy atom. The topological polar surface area (TPSA) is 81.7 Å². The highest BCUT2D eigenvalue weighted by molar-refractivity contribution is 6.00. The molecule has 1 aliphatic rings. The lowest BCUT2D eigenvalue weighted by Crippen LogP contribution is -2.35. The molecular formula is C15H23NO5. The number of carbonyl (C=O) groups excluding carboxylic acids is 3. The Morgan fingerprint density at radius 2 is 2.05 bits per heavy atom. The van der Waals surface area contributed by atoms with Gasteiger partial charge in [-0.15, -0.1) is 0 Å². The van der Waals surface area contributed by atoms with Gasteiger partial charge < -0.3 is 14.8 Å². The molecule has 6 nitrogen and oxygen atoms in total. The van der Waals surface area contributed by atoms with Crippen LogP contribution in [0.1, 0.15) is 39.5 Å². The summed E-state index contributed by atoms with van der Waals surface area (Å²) >= 11 is 0. The van der Waals surface area contributed by atoms with Crippen molar-refractivity contribution in [2.75, 3.05) is 19.8 Å². The van der Waals surface area contributed by atoms with E-state index in [1.54, 1.807) is 6.92 Å². The quantitative estimate of drug-likeness (QED) is 0.441. The number of nitrogens with one attached hydrogen (secondary N) is 1. The fraction of sp³-hybridized carbons (Fsp3) is 0.667. The smallest absolute Gasteiger partial charge is 0.407 e. The van der Waals surface area contributed by atoms with Crippen molar-refractivity contribution in [2.24, 2.45) is 5.92 Å². The van der Waals surface area contributed by atoms with Crippen LogP contribution in [0.2, 0.25) is 0 Å². The van der Waals surface area contributed by atoms with Crippen LogP contribution >= 0.6 is 0 Å². The molecule has 1 unspecified atom stereocenters. The van der Waals surface area contributed by atoms with E-state index in [0.29, 0.717) is 0 Å². The minimum absolute atomic E-state index is 0.223. The average molecular weight is 297 g/mol. The SMILES string of the molecule is CCOC(=O)C(C)C(=O)CNC(=O)OCC1=CCCCC1. The molecule has 118 valence electrons. The highest BCUT2D eigenvalue weighted by Gasteiger charge is 2.22. The number of ether oxygens (including phenoxy) is 2. The van der Waals surface area contributed by atoms with Gasteiger partial charge in [0.15, 0.2) is 5.78 Å². The molecule has 1 rings (SSSR count). The molecule has 1 N–H and O–H groups in total. The highest BCUT2D eigenvalue weighted by Crippen LogP contribution is 2.17. The van der Waals surface area contributed by atoms with Crippen molar-refractivity contribution < 1.29 is 23.9 Å². The Balaban J connectivity index is 2.24. The monoisotopic (exact) mass is 297 g/mol. The number of amides is 1. The third kappa shape index (κ3) is 6.42. The number of hydrogen-bond acceptors (Lipinski definition) is 5. The predicted molar refractivity (Wildman–Crippen MR) is 76.7 cm³/mol. The van der Waals surface area contributed by atoms with Crippen LogP contribution in [-0.4, -0.2) is 37.6 Å². The molecule has 0 aromatic carbocycles. The second-order valence-electron chi connectivity index (χ2n) is 4.98. The van der Waals surface area contributed by atoms with E-state index < -0.39 is 23.8 Å². The van der Waals surface area contributed by atoms with Crippen LogP contribution in [0, 0.1) is 5.92 Å². The second-order valence-corrected chi connectivity index (χ2v) is 4.98. The first kappa shape index (κ1) is 17.2. The maximum Gasteiger partial charge on any atom is 0.407 e. The zero-order valence-electron chi connectivity index (χ0n) is 12.6. The molecule has 0 heterocycles. The fourth-order valence-electron chi connectivity index (χ4n) is 1.96. The molecule has 0 bridgehead atoms. The average Bonchev–Trinajstić information content (AvgIpc) is 2.51. The predicted octanol–water partition coefficient (Wildman–Crippen LogP) is 1.98. The minimum atomic E-state index is -0.883. The molecule has 0 spiro atoms. The van der Waals surface area contributed by atoms with Crippen LogP contribution < -0.4 is 5.32 Å². The lowest BCUT2D eigenvalue weighted by atomic mass is 10.0. The zero-order valence-corrected chi connectivity index (χ0v) is 12.6. The number of hydrogen-bond donors (Lipinski definition) is 1. The Bertz CT molecular complexity index is 416. The van der Waals surface area contributed by atoms with Gasteiger partial charge in [0.25, 0.3) is 0 Å². The van der Waals surface area contributed by atoms with Gasteiger partial charge in [-0.3, -0.25) is 9.59 Å². The van der Waals surface area contributed by atoms with Crippen LogP contribution in [0.3, 0.4) is 0 Å². The molecule has 0 aromatic heterocycles. The lowest BCUT2D eigenvalue weighted by Gasteiger charge is -2.13. The molecule has 1 amide bonds. The van der Waals surface area contributed by atoms with E-state index in [1.165, 1.54) is 13.3 Å². The van der Waals surface area contributed by atoms with Crippen molar-refractivity contribution >= 4 is 17.8 Å². The number of carbonyl (C=O) groups is 3. The largest absolute Gasteiger partial charge is 0.465 e. The van der Waals surface area contributed by atoms with E-state index in [-0.39, 0.29) is 19.8 Å². The van der Waals surface area contributed by atoms with Crippen molar-refractivity contribution in [3.05, 3.63) is 11.6 Å². The number of esters is 1. The van der Waals surface area contributed by atoms with E-state index in [2.05, 4.69) is 11.4 Å². The normalized spacial score (nSPS) is 15.6. The summed E-state index contributed by atoms with van der Waals surface area (Å²) in [6.45, 7) is 3.37. The molecule has 0 aromatic rings. The molecule has 0 fully saturated rings. The summed E-state index contributed by atoms with van der Waals surface area (Å²) in [6.07, 6.45) is 5.71. The summed E-state index contributed by atoms with van der Waals surface area (Å²) in [6, 6.07) is 0. The Labute approximate surface area is 124 Å². The number of allylic oxidation sites excluding steroid dienone is 1. The molecule has 0 saturated heterocycles. The fourth-order valence-corrected chi connectivity index (χ4v) is 1.96. The van der Waals surface area contributed by atoms with E-state index in [9.17, 15) is 14.4 Å². The van der Waals surface area contributed by atoms with Gasteiger partial charge in [-0.25, -0.2) is 4.79 Å². The number of rotatable bonds is 7. The van der Waals surface area contributed by atoms with E-state index >= 15 is 0 Å². The number of alkyl carbamates (subject to hydrolysis) is 1. The first-order valence-electron chi connectivity index (χ1n) is 7.32. The minimum Gasteiger partial charge on any atom is -0.465 e. The summed E-state index contributed by atoms with van der Waals surface area (Å²) in [4.78, 5) is 34.5. The highest BCUT2D eigenvalue weighted by atomic mass is 16.5. The van der Waals surface area contributed by atoms with Gasteiger partial charge in [0.2, 0.25) is 0 Å². The third-order valence-corrected chi connectivity index (χ3v) is 3.30. The number of ketones is 1. The van der Waals surface area contributed by atoms with E-state index in [1.807, 2.05) is 0 Å². The lowest BCUT2D eigenvalue weighted by molar-refractivity contribution is -0.150. The van der Waals surface area contributed by atoms with Gasteiger partial charge >= 0.3 is 12.1 Å². The number of Topliss-reactive ketones (excluding diaryl/α,β-unsaturated/α-hetero) is 1. The van der Waals surface area contributed by atoms with Gasteiger partial charge in [0, 0.05) is 0 Å². The van der Waals surface area contributed by atoms with Gasteiger partial charge in [0.05, 0.1) is 13.2 Å². The summed E-state index contributed by atoms with van der Waals surface area (Å²) in [5, 5.41) is 2.35. The van der Waals surface area contributed by atoms with Gasteiger partial charge in [-0.1, -0.05) is 6.08 Å². The van der Waals surface area contributed by atoms with Crippen molar-refractivity contribution in [3.8, 4) is 0 Å². The molecule has 1 aliphatic carbocycles. The van der Waals surface area contributed by atoms with Crippen LogP contribution in [-0.2, 0) is 19.1 Å². The Morgan fingerprint density at radius 3 is 2.67 bits per heavy atom. The molecule has 6 heteroatoms. The van der Waals surface area contributed by atoms with Crippen LogP contribution in [0.15, 0.2) is 11.6 Å². The maximum atomic E-state index is 11.7. The summed E-state index contributed by atoms with van der Waals surface area (Å²) in [7, 11) is 0. The van der Waals surface area contributed by atoms with Crippen LogP contribution in [0.25, 0.3) is 0 Å². The Kier molecular flexibility index (Phi) is 7.50. The third-order valence-electron chi connectivity index (χ3n) is 3.30. The standard InChI is InChI=1S/C15H23NO5/c1-3-20-14(18)11(2)13(17)9-16-15(19)21-10-12-7-5-4-6-8-12/h7,11H,3-6,8-10H2,1-2H3,(H,16,19). The van der Waals surface area contributed by atoms with E-state index in [4.69, 9.17) is 9.47 Å². The molecule has 0 saturated carbocycles. The first-order chi connectivity index (χ1) is 10.0. The summed E-state index contributed by atoms with van der Waals surface area (Å²) < 4.78 is 9.78. The van der Waals surface area contributed by atoms with Crippen LogP contribution in [0.5, 0.6) is 0 Å². The van der Waals surface area contributed by atoms with Crippen molar-refractivity contribution in [1.82, 2.24) is 5.32 Å². The van der Waals surface area contributed by atoms with Crippen molar-refractivity contribution in [2.45, 2.75) is 39.5 Å². The maximum absolute atomic E-state index is 11.7. The molecule has 1 atom stereocenters. The molecule has 0 aliphatic heterocycles. The van der Waals surface area contributed by atoms with Crippen LogP contribution in [0.4, 0.5) is 4.79 Å². The van der Waals surface area contributed by atoms with Crippen molar-refractivity contribution in [3.63, 3.8) is 0 Å². The van der Waals surface area contributed by atoms with Crippen molar-refractivity contribution in [1.29, 1.82) is 0 Å². The summed E-state index contributed by atoms with van der Waals surface area (Å²) in [5.74, 6) is -1.86. The molecule has 21 heavy (non-hydrogen) atoms.